The summed E-state index contributed by atoms with van der Waals surface area (Å²) in [6.07, 6.45) is 8.06. The van der Waals surface area contributed by atoms with Crippen molar-refractivity contribution in [3.8, 4) is 0 Å². The Labute approximate surface area is 80.3 Å². The lowest BCUT2D eigenvalue weighted by Gasteiger charge is -2.26. The van der Waals surface area contributed by atoms with Gasteiger partial charge in [-0.05, 0) is 18.8 Å². The lowest BCUT2D eigenvalue weighted by atomic mass is 9.86. The van der Waals surface area contributed by atoms with Crippen molar-refractivity contribution in [3.63, 3.8) is 0 Å². The van der Waals surface area contributed by atoms with E-state index in [1.54, 1.807) is 0 Å². The van der Waals surface area contributed by atoms with Crippen molar-refractivity contribution in [3.05, 3.63) is 0 Å². The molecule has 0 radical (unpaired) electrons. The Kier molecular flexibility index (Phi) is 3.23. The molecule has 1 saturated heterocycles. The largest absolute Gasteiger partial charge is 0.396 e. The van der Waals surface area contributed by atoms with Gasteiger partial charge >= 0.3 is 0 Å². The highest BCUT2D eigenvalue weighted by Gasteiger charge is 2.33. The second kappa shape index (κ2) is 4.43. The van der Waals surface area contributed by atoms with Gasteiger partial charge in [0.05, 0.1) is 6.10 Å². The molecule has 0 aromatic carbocycles. The van der Waals surface area contributed by atoms with Crippen LogP contribution in [0.4, 0.5) is 0 Å². The maximum Gasteiger partial charge on any atom is 0.0628 e. The smallest absolute Gasteiger partial charge is 0.0628 e. The summed E-state index contributed by atoms with van der Waals surface area (Å²) in [4.78, 5) is 0. The van der Waals surface area contributed by atoms with Gasteiger partial charge in [-0.1, -0.05) is 25.7 Å². The van der Waals surface area contributed by atoms with E-state index in [2.05, 4.69) is 0 Å². The van der Waals surface area contributed by atoms with Gasteiger partial charge in [0.2, 0.25) is 0 Å². The Hall–Kier alpha value is -0.0800. The molecule has 0 aromatic rings. The first-order chi connectivity index (χ1) is 6.42. The van der Waals surface area contributed by atoms with Crippen LogP contribution >= 0.6 is 0 Å². The van der Waals surface area contributed by atoms with E-state index in [-0.39, 0.29) is 0 Å². The van der Waals surface area contributed by atoms with Crippen LogP contribution in [0.15, 0.2) is 0 Å². The van der Waals surface area contributed by atoms with Crippen LogP contribution < -0.4 is 0 Å². The number of aliphatic hydroxyl groups excluding tert-OH is 1. The zero-order chi connectivity index (χ0) is 9.10. The molecule has 2 rings (SSSR count). The molecule has 76 valence electrons. The SMILES string of the molecule is OCC(C1CCCC1)C1CCCO1. The summed E-state index contributed by atoms with van der Waals surface area (Å²) >= 11 is 0. The summed E-state index contributed by atoms with van der Waals surface area (Å²) in [7, 11) is 0. The molecule has 1 saturated carbocycles. The average molecular weight is 184 g/mol. The van der Waals surface area contributed by atoms with Crippen LogP contribution in [0, 0.1) is 11.8 Å². The van der Waals surface area contributed by atoms with E-state index in [0.717, 1.165) is 12.5 Å². The van der Waals surface area contributed by atoms with Crippen LogP contribution in [0.5, 0.6) is 0 Å². The van der Waals surface area contributed by atoms with Crippen molar-refractivity contribution in [2.45, 2.75) is 44.6 Å². The molecule has 2 heteroatoms. The predicted octanol–water partition coefficient (Wildman–Crippen LogP) is 1.96. The first kappa shape index (κ1) is 9.47. The minimum absolute atomic E-state index is 0.329. The Balaban J connectivity index is 1.90. The Morgan fingerprint density at radius 3 is 2.46 bits per heavy atom. The molecule has 1 aliphatic carbocycles. The molecular weight excluding hydrogens is 164 g/mol. The molecule has 0 aromatic heterocycles. The molecule has 13 heavy (non-hydrogen) atoms. The maximum absolute atomic E-state index is 9.37. The van der Waals surface area contributed by atoms with Crippen molar-refractivity contribution >= 4 is 0 Å². The lowest BCUT2D eigenvalue weighted by Crippen LogP contribution is -2.29. The Morgan fingerprint density at radius 1 is 1.15 bits per heavy atom. The summed E-state index contributed by atoms with van der Waals surface area (Å²) in [6, 6.07) is 0. The average Bonchev–Trinajstić information content (AvgIpc) is 2.76. The minimum atomic E-state index is 0.329. The predicted molar refractivity (Wildman–Crippen MR) is 51.5 cm³/mol. The second-order valence-electron chi connectivity index (χ2n) is 4.44. The van der Waals surface area contributed by atoms with Gasteiger partial charge < -0.3 is 9.84 Å². The third-order valence-corrected chi connectivity index (χ3v) is 3.66. The third kappa shape index (κ3) is 2.05. The fourth-order valence-electron chi connectivity index (χ4n) is 2.90. The van der Waals surface area contributed by atoms with Gasteiger partial charge in [-0.25, -0.2) is 0 Å². The van der Waals surface area contributed by atoms with E-state index in [1.165, 1.54) is 38.5 Å². The number of hydrogen-bond donors (Lipinski definition) is 1. The monoisotopic (exact) mass is 184 g/mol. The number of ether oxygens (including phenoxy) is 1. The quantitative estimate of drug-likeness (QED) is 0.726. The van der Waals surface area contributed by atoms with E-state index in [1.807, 2.05) is 0 Å². The summed E-state index contributed by atoms with van der Waals surface area (Å²) in [6.45, 7) is 1.24. The zero-order valence-electron chi connectivity index (χ0n) is 8.24. The molecule has 0 amide bonds. The van der Waals surface area contributed by atoms with E-state index in [4.69, 9.17) is 4.74 Å². The summed E-state index contributed by atoms with van der Waals surface area (Å²) in [5.74, 6) is 1.18. The molecule has 0 spiro atoms. The Bertz CT molecular complexity index is 130. The summed E-state index contributed by atoms with van der Waals surface area (Å²) in [5, 5.41) is 9.37. The topological polar surface area (TPSA) is 29.5 Å². The van der Waals surface area contributed by atoms with Crippen LogP contribution in [-0.4, -0.2) is 24.4 Å². The molecule has 2 aliphatic rings. The molecular formula is C11H20O2. The van der Waals surface area contributed by atoms with Gasteiger partial charge in [0.1, 0.15) is 0 Å². The van der Waals surface area contributed by atoms with E-state index in [9.17, 15) is 5.11 Å². The van der Waals surface area contributed by atoms with Gasteiger partial charge in [0, 0.05) is 19.1 Å². The Morgan fingerprint density at radius 2 is 1.92 bits per heavy atom. The number of rotatable bonds is 3. The third-order valence-electron chi connectivity index (χ3n) is 3.66. The van der Waals surface area contributed by atoms with Crippen molar-refractivity contribution in [2.24, 2.45) is 11.8 Å². The van der Waals surface area contributed by atoms with Crippen LogP contribution in [0.1, 0.15) is 38.5 Å². The van der Waals surface area contributed by atoms with Crippen LogP contribution in [-0.2, 0) is 4.74 Å². The van der Waals surface area contributed by atoms with E-state index >= 15 is 0 Å². The van der Waals surface area contributed by atoms with Gasteiger partial charge in [-0.3, -0.25) is 0 Å². The molecule has 0 bridgehead atoms. The zero-order valence-corrected chi connectivity index (χ0v) is 8.24. The van der Waals surface area contributed by atoms with Crippen molar-refractivity contribution < 1.29 is 9.84 Å². The molecule has 2 fully saturated rings. The molecule has 1 N–H and O–H groups in total. The highest BCUT2D eigenvalue weighted by Crippen LogP contribution is 2.36. The standard InChI is InChI=1S/C11H20O2/c12-8-10(9-4-1-2-5-9)11-6-3-7-13-11/h9-12H,1-8H2. The fourth-order valence-corrected chi connectivity index (χ4v) is 2.90. The molecule has 2 atom stereocenters. The molecule has 1 heterocycles. The van der Waals surface area contributed by atoms with E-state index < -0.39 is 0 Å². The van der Waals surface area contributed by atoms with Crippen molar-refractivity contribution in [1.29, 1.82) is 0 Å². The molecule has 2 nitrogen and oxygen atoms in total. The van der Waals surface area contributed by atoms with Crippen LogP contribution in [0.2, 0.25) is 0 Å². The van der Waals surface area contributed by atoms with Crippen molar-refractivity contribution in [2.75, 3.05) is 13.2 Å². The first-order valence-electron chi connectivity index (χ1n) is 5.64. The maximum atomic E-state index is 9.37. The van der Waals surface area contributed by atoms with Gasteiger partial charge in [-0.2, -0.15) is 0 Å². The van der Waals surface area contributed by atoms with Gasteiger partial charge in [-0.15, -0.1) is 0 Å². The van der Waals surface area contributed by atoms with Gasteiger partial charge in [0.25, 0.3) is 0 Å². The fraction of sp³-hybridized carbons (Fsp3) is 1.00. The molecule has 2 unspecified atom stereocenters. The van der Waals surface area contributed by atoms with Crippen LogP contribution in [0.3, 0.4) is 0 Å². The molecule has 1 aliphatic heterocycles. The first-order valence-corrected chi connectivity index (χ1v) is 5.64. The summed E-state index contributed by atoms with van der Waals surface area (Å²) in [5.41, 5.74) is 0. The number of aliphatic hydroxyl groups is 1. The van der Waals surface area contributed by atoms with E-state index in [0.29, 0.717) is 18.6 Å². The highest BCUT2D eigenvalue weighted by atomic mass is 16.5. The number of hydrogen-bond acceptors (Lipinski definition) is 2. The minimum Gasteiger partial charge on any atom is -0.396 e. The highest BCUT2D eigenvalue weighted by molar-refractivity contribution is 4.82. The lowest BCUT2D eigenvalue weighted by molar-refractivity contribution is 0.0107. The van der Waals surface area contributed by atoms with Crippen molar-refractivity contribution in [1.82, 2.24) is 0 Å². The normalized spacial score (nSPS) is 32.5. The van der Waals surface area contributed by atoms with Gasteiger partial charge in [0.15, 0.2) is 0 Å². The second-order valence-corrected chi connectivity index (χ2v) is 4.44. The van der Waals surface area contributed by atoms with Crippen LogP contribution in [0.25, 0.3) is 0 Å². The summed E-state index contributed by atoms with van der Waals surface area (Å²) < 4.78 is 5.66.